The molecule has 29 heavy (non-hydrogen) atoms. The highest BCUT2D eigenvalue weighted by molar-refractivity contribution is 7.89. The van der Waals surface area contributed by atoms with Gasteiger partial charge in [-0.15, -0.1) is 0 Å². The Morgan fingerprint density at radius 2 is 1.79 bits per heavy atom. The van der Waals surface area contributed by atoms with Crippen LogP contribution in [0, 0.1) is 5.92 Å². The molecule has 2 aromatic rings. The first-order chi connectivity index (χ1) is 13.7. The summed E-state index contributed by atoms with van der Waals surface area (Å²) in [6.07, 6.45) is 0. The van der Waals surface area contributed by atoms with Gasteiger partial charge < -0.3 is 15.4 Å². The van der Waals surface area contributed by atoms with Crippen molar-refractivity contribution in [3.63, 3.8) is 0 Å². The summed E-state index contributed by atoms with van der Waals surface area (Å²) in [5.74, 6) is 0.511. The van der Waals surface area contributed by atoms with Crippen molar-refractivity contribution in [3.05, 3.63) is 54.1 Å². The second kappa shape index (κ2) is 9.87. The van der Waals surface area contributed by atoms with E-state index in [0.29, 0.717) is 17.4 Å². The number of anilines is 1. The number of benzene rings is 2. The SMILES string of the molecule is COc1ccc(S(=O)(=O)N(C)C)cc1NC(=O)C[NH2+][C@@H](c1ccccc1)C(C)C. The van der Waals surface area contributed by atoms with Gasteiger partial charge in [0.2, 0.25) is 10.0 Å². The third-order valence-electron chi connectivity index (χ3n) is 4.68. The number of sulfonamides is 1. The van der Waals surface area contributed by atoms with E-state index in [1.54, 1.807) is 0 Å². The molecule has 0 spiro atoms. The van der Waals surface area contributed by atoms with Gasteiger partial charge in [-0.05, 0) is 18.2 Å². The lowest BCUT2D eigenvalue weighted by molar-refractivity contribution is -0.692. The van der Waals surface area contributed by atoms with Crippen LogP contribution in [0.3, 0.4) is 0 Å². The minimum Gasteiger partial charge on any atom is -0.495 e. The van der Waals surface area contributed by atoms with Gasteiger partial charge in [-0.3, -0.25) is 4.79 Å². The van der Waals surface area contributed by atoms with Crippen molar-refractivity contribution in [1.82, 2.24) is 4.31 Å². The van der Waals surface area contributed by atoms with Gasteiger partial charge in [-0.25, -0.2) is 12.7 Å². The standard InChI is InChI=1S/C21H29N3O4S/c1-15(2)21(16-9-7-6-8-10-16)22-14-20(25)23-18-13-17(11-12-19(18)28-5)29(26,27)24(3)4/h6-13,15,21-22H,14H2,1-5H3,(H,23,25)/p+1/t21-/m1/s1. The molecule has 158 valence electrons. The third kappa shape index (κ3) is 5.79. The number of hydrogen-bond acceptors (Lipinski definition) is 4. The molecule has 1 amide bonds. The maximum absolute atomic E-state index is 12.6. The normalized spacial score (nSPS) is 12.8. The number of nitrogens with one attached hydrogen (secondary N) is 1. The zero-order chi connectivity index (χ0) is 21.6. The number of ether oxygens (including phenoxy) is 1. The highest BCUT2D eigenvalue weighted by Gasteiger charge is 2.22. The number of hydrogen-bond donors (Lipinski definition) is 2. The fraction of sp³-hybridized carbons (Fsp3) is 0.381. The number of carbonyl (C=O) groups is 1. The Morgan fingerprint density at radius 3 is 2.34 bits per heavy atom. The largest absolute Gasteiger partial charge is 0.495 e. The van der Waals surface area contributed by atoms with E-state index >= 15 is 0 Å². The van der Waals surface area contributed by atoms with Gasteiger partial charge in [-0.1, -0.05) is 44.2 Å². The van der Waals surface area contributed by atoms with Gasteiger partial charge in [0, 0.05) is 25.6 Å². The van der Waals surface area contributed by atoms with Gasteiger partial charge in [0.25, 0.3) is 5.91 Å². The number of quaternary nitrogens is 1. The summed E-state index contributed by atoms with van der Waals surface area (Å²) < 4.78 is 31.2. The van der Waals surface area contributed by atoms with Crippen LogP contribution in [0.4, 0.5) is 5.69 Å². The van der Waals surface area contributed by atoms with Crippen molar-refractivity contribution in [2.75, 3.05) is 33.1 Å². The lowest BCUT2D eigenvalue weighted by Crippen LogP contribution is -2.88. The van der Waals surface area contributed by atoms with Crippen LogP contribution in [-0.2, 0) is 14.8 Å². The van der Waals surface area contributed by atoms with E-state index in [1.165, 1.54) is 39.4 Å². The molecule has 0 unspecified atom stereocenters. The molecule has 1 atom stereocenters. The van der Waals surface area contributed by atoms with E-state index in [2.05, 4.69) is 31.3 Å². The van der Waals surface area contributed by atoms with Crippen LogP contribution in [-0.4, -0.2) is 46.4 Å². The van der Waals surface area contributed by atoms with E-state index in [1.807, 2.05) is 23.5 Å². The summed E-state index contributed by atoms with van der Waals surface area (Å²) >= 11 is 0. The predicted octanol–water partition coefficient (Wildman–Crippen LogP) is 1.84. The van der Waals surface area contributed by atoms with Crippen molar-refractivity contribution < 1.29 is 23.3 Å². The number of nitrogens with two attached hydrogens (primary N) is 1. The van der Waals surface area contributed by atoms with Gasteiger partial charge in [0.1, 0.15) is 11.8 Å². The highest BCUT2D eigenvalue weighted by Crippen LogP contribution is 2.28. The molecular weight excluding hydrogens is 390 g/mol. The van der Waals surface area contributed by atoms with Gasteiger partial charge in [0.05, 0.1) is 17.7 Å². The number of nitrogens with zero attached hydrogens (tertiary/aromatic N) is 1. The topological polar surface area (TPSA) is 92.3 Å². The fourth-order valence-electron chi connectivity index (χ4n) is 3.06. The molecular formula is C21H30N3O4S+. The first-order valence-corrected chi connectivity index (χ1v) is 10.9. The summed E-state index contributed by atoms with van der Waals surface area (Å²) in [5.41, 5.74) is 1.49. The van der Waals surface area contributed by atoms with E-state index in [9.17, 15) is 13.2 Å². The smallest absolute Gasteiger partial charge is 0.279 e. The zero-order valence-electron chi connectivity index (χ0n) is 17.5. The second-order valence-corrected chi connectivity index (χ2v) is 9.47. The predicted molar refractivity (Wildman–Crippen MR) is 113 cm³/mol. The van der Waals surface area contributed by atoms with Crippen LogP contribution in [0.15, 0.2) is 53.4 Å². The quantitative estimate of drug-likeness (QED) is 0.648. The molecule has 8 heteroatoms. The molecule has 0 saturated carbocycles. The molecule has 2 rings (SSSR count). The molecule has 0 aromatic heterocycles. The van der Waals surface area contributed by atoms with E-state index in [4.69, 9.17) is 4.74 Å². The number of methoxy groups -OCH3 is 1. The van der Waals surface area contributed by atoms with Crippen LogP contribution in [0.25, 0.3) is 0 Å². The molecule has 0 bridgehead atoms. The average Bonchev–Trinajstić information content (AvgIpc) is 2.68. The van der Waals surface area contributed by atoms with E-state index < -0.39 is 10.0 Å². The molecule has 0 aliphatic heterocycles. The van der Waals surface area contributed by atoms with Crippen molar-refractivity contribution in [3.8, 4) is 5.75 Å². The third-order valence-corrected chi connectivity index (χ3v) is 6.49. The van der Waals surface area contributed by atoms with Gasteiger partial charge >= 0.3 is 0 Å². The lowest BCUT2D eigenvalue weighted by Gasteiger charge is -2.20. The Morgan fingerprint density at radius 1 is 1.14 bits per heavy atom. The zero-order valence-corrected chi connectivity index (χ0v) is 18.4. The van der Waals surface area contributed by atoms with Crippen molar-refractivity contribution in [1.29, 1.82) is 0 Å². The molecule has 0 saturated heterocycles. The summed E-state index contributed by atoms with van der Waals surface area (Å²) in [6, 6.07) is 14.6. The molecule has 7 nitrogen and oxygen atoms in total. The minimum atomic E-state index is -3.61. The summed E-state index contributed by atoms with van der Waals surface area (Å²) in [5, 5.41) is 4.77. The monoisotopic (exact) mass is 420 g/mol. The first-order valence-electron chi connectivity index (χ1n) is 9.45. The van der Waals surface area contributed by atoms with Crippen LogP contribution in [0.1, 0.15) is 25.5 Å². The van der Waals surface area contributed by atoms with Gasteiger partial charge in [-0.2, -0.15) is 0 Å². The van der Waals surface area contributed by atoms with Crippen LogP contribution in [0.5, 0.6) is 5.75 Å². The second-order valence-electron chi connectivity index (χ2n) is 7.32. The minimum absolute atomic E-state index is 0.0897. The summed E-state index contributed by atoms with van der Waals surface area (Å²) in [4.78, 5) is 12.7. The Labute approximate surface area is 173 Å². The lowest BCUT2D eigenvalue weighted by atomic mass is 9.96. The van der Waals surface area contributed by atoms with Crippen molar-refractivity contribution in [2.24, 2.45) is 5.92 Å². The molecule has 0 heterocycles. The molecule has 0 radical (unpaired) electrons. The Bertz CT molecular complexity index is 928. The van der Waals surface area contributed by atoms with Crippen LogP contribution >= 0.6 is 0 Å². The number of carbonyl (C=O) groups excluding carboxylic acids is 1. The maximum Gasteiger partial charge on any atom is 0.279 e. The number of amides is 1. The highest BCUT2D eigenvalue weighted by atomic mass is 32.2. The number of rotatable bonds is 9. The van der Waals surface area contributed by atoms with Crippen LogP contribution in [0.2, 0.25) is 0 Å². The summed E-state index contributed by atoms with van der Waals surface area (Å²) in [7, 11) is 0.781. The first kappa shape index (κ1) is 22.9. The Hall–Kier alpha value is -2.42. The van der Waals surface area contributed by atoms with Crippen LogP contribution < -0.4 is 15.4 Å². The fourth-order valence-corrected chi connectivity index (χ4v) is 3.99. The Balaban J connectivity index is 2.15. The molecule has 0 aliphatic carbocycles. The van der Waals surface area contributed by atoms with Crippen molar-refractivity contribution >= 4 is 21.6 Å². The molecule has 3 N–H and O–H groups in total. The van der Waals surface area contributed by atoms with E-state index in [-0.39, 0.29) is 23.4 Å². The molecule has 2 aromatic carbocycles. The Kier molecular flexibility index (Phi) is 7.78. The molecule has 0 aliphatic rings. The molecule has 0 fully saturated rings. The average molecular weight is 421 g/mol. The van der Waals surface area contributed by atoms with Crippen molar-refractivity contribution in [2.45, 2.75) is 24.8 Å². The maximum atomic E-state index is 12.6. The van der Waals surface area contributed by atoms with E-state index in [0.717, 1.165) is 9.87 Å². The summed E-state index contributed by atoms with van der Waals surface area (Å²) in [6.45, 7) is 4.43. The van der Waals surface area contributed by atoms with Gasteiger partial charge in [0.15, 0.2) is 6.54 Å².